The Hall–Kier alpha value is -1.16. The summed E-state index contributed by atoms with van der Waals surface area (Å²) in [5, 5.41) is 3.63. The van der Waals surface area contributed by atoms with Crippen molar-refractivity contribution >= 4 is 17.3 Å². The van der Waals surface area contributed by atoms with Crippen molar-refractivity contribution < 1.29 is 9.53 Å². The van der Waals surface area contributed by atoms with Gasteiger partial charge in [0.05, 0.1) is 5.01 Å². The second-order valence-electron chi connectivity index (χ2n) is 10.7. The summed E-state index contributed by atoms with van der Waals surface area (Å²) in [5.74, 6) is 2.98. The van der Waals surface area contributed by atoms with Crippen LogP contribution in [0.1, 0.15) is 88.8 Å². The fourth-order valence-corrected chi connectivity index (χ4v) is 8.99. The Morgan fingerprint density at radius 2 is 2.00 bits per heavy atom. The predicted octanol–water partition coefficient (Wildman–Crippen LogP) is 6.43. The second-order valence-corrected chi connectivity index (χ2v) is 11.6. The van der Waals surface area contributed by atoms with E-state index >= 15 is 0 Å². The van der Waals surface area contributed by atoms with Crippen LogP contribution in [0.25, 0.3) is 0 Å². The van der Waals surface area contributed by atoms with Gasteiger partial charge in [0.15, 0.2) is 0 Å². The molecule has 0 amide bonds. The first-order valence-corrected chi connectivity index (χ1v) is 12.5. The van der Waals surface area contributed by atoms with Gasteiger partial charge in [0, 0.05) is 30.3 Å². The summed E-state index contributed by atoms with van der Waals surface area (Å²) in [6.45, 7) is 8.79. The number of esters is 1. The molecule has 3 nitrogen and oxygen atoms in total. The molecule has 1 aromatic heterocycles. The van der Waals surface area contributed by atoms with Crippen molar-refractivity contribution in [2.24, 2.45) is 28.6 Å². The van der Waals surface area contributed by atoms with Gasteiger partial charge in [-0.1, -0.05) is 25.5 Å². The number of carbonyl (C=O) groups is 1. The number of aromatic nitrogens is 1. The lowest BCUT2D eigenvalue weighted by molar-refractivity contribution is -0.148. The molecule has 0 N–H and O–H groups in total. The molecule has 0 spiro atoms. The van der Waals surface area contributed by atoms with Gasteiger partial charge in [-0.3, -0.25) is 4.79 Å². The van der Waals surface area contributed by atoms with Gasteiger partial charge in [-0.25, -0.2) is 4.98 Å². The van der Waals surface area contributed by atoms with Gasteiger partial charge in [-0.05, 0) is 80.5 Å². The number of hydrogen-bond acceptors (Lipinski definition) is 4. The molecule has 3 fully saturated rings. The van der Waals surface area contributed by atoms with Gasteiger partial charge < -0.3 is 4.74 Å². The van der Waals surface area contributed by atoms with Crippen LogP contribution in [-0.2, 0) is 9.53 Å². The molecule has 7 atom stereocenters. The minimum absolute atomic E-state index is 0.0984. The van der Waals surface area contributed by atoms with Gasteiger partial charge in [-0.15, -0.1) is 11.3 Å². The lowest BCUT2D eigenvalue weighted by Gasteiger charge is -2.58. The van der Waals surface area contributed by atoms with Crippen LogP contribution in [0.4, 0.5) is 0 Å². The molecule has 4 heteroatoms. The minimum Gasteiger partial charge on any atom is -0.462 e. The molecule has 3 saturated carbocycles. The van der Waals surface area contributed by atoms with Crippen LogP contribution in [0.5, 0.6) is 0 Å². The van der Waals surface area contributed by atoms with E-state index in [1.54, 1.807) is 12.5 Å². The van der Waals surface area contributed by atoms with E-state index in [0.717, 1.165) is 30.6 Å². The zero-order valence-corrected chi connectivity index (χ0v) is 19.2. The first-order chi connectivity index (χ1) is 13.8. The average Bonchev–Trinajstić information content (AvgIpc) is 3.24. The summed E-state index contributed by atoms with van der Waals surface area (Å²) in [6.07, 6.45) is 12.4. The molecule has 4 aliphatic carbocycles. The Morgan fingerprint density at radius 3 is 2.72 bits per heavy atom. The topological polar surface area (TPSA) is 39.2 Å². The van der Waals surface area contributed by atoms with E-state index in [4.69, 9.17) is 9.72 Å². The molecule has 1 aromatic rings. The molecule has 0 aromatic carbocycles. The molecule has 0 aliphatic heterocycles. The van der Waals surface area contributed by atoms with Gasteiger partial charge in [0.1, 0.15) is 6.10 Å². The summed E-state index contributed by atoms with van der Waals surface area (Å²) in [4.78, 5) is 16.4. The van der Waals surface area contributed by atoms with Crippen LogP contribution in [0.2, 0.25) is 0 Å². The van der Waals surface area contributed by atoms with Crippen molar-refractivity contribution in [1.82, 2.24) is 4.98 Å². The molecular weight excluding hydrogens is 378 g/mol. The number of nitrogens with zero attached hydrogens (tertiary/aromatic N) is 1. The molecule has 4 aliphatic rings. The molecule has 0 saturated heterocycles. The van der Waals surface area contributed by atoms with Crippen LogP contribution in [-0.4, -0.2) is 17.1 Å². The van der Waals surface area contributed by atoms with E-state index in [2.05, 4.69) is 32.2 Å². The van der Waals surface area contributed by atoms with Crippen molar-refractivity contribution in [3.63, 3.8) is 0 Å². The maximum atomic E-state index is 11.4. The largest absolute Gasteiger partial charge is 0.462 e. The lowest BCUT2D eigenvalue weighted by atomic mass is 9.47. The van der Waals surface area contributed by atoms with Crippen LogP contribution in [0.15, 0.2) is 17.0 Å². The van der Waals surface area contributed by atoms with Gasteiger partial charge in [0.25, 0.3) is 0 Å². The van der Waals surface area contributed by atoms with Crippen LogP contribution in [0, 0.1) is 35.5 Å². The quantitative estimate of drug-likeness (QED) is 0.414. The molecule has 29 heavy (non-hydrogen) atoms. The van der Waals surface area contributed by atoms with Crippen molar-refractivity contribution in [1.29, 1.82) is 0 Å². The smallest absolute Gasteiger partial charge is 0.302 e. The third kappa shape index (κ3) is 3.04. The van der Waals surface area contributed by atoms with Crippen LogP contribution in [0.3, 0.4) is 0 Å². The number of carbonyl (C=O) groups excluding carboxylic acids is 1. The van der Waals surface area contributed by atoms with Crippen molar-refractivity contribution in [3.05, 3.63) is 27.7 Å². The Labute approximate surface area is 179 Å². The van der Waals surface area contributed by atoms with Crippen molar-refractivity contribution in [2.45, 2.75) is 91.1 Å². The molecule has 1 heterocycles. The van der Waals surface area contributed by atoms with Gasteiger partial charge in [0.2, 0.25) is 0 Å². The number of aryl methyl sites for hydroxylation is 1. The van der Waals surface area contributed by atoms with Crippen molar-refractivity contribution in [2.75, 3.05) is 0 Å². The Morgan fingerprint density at radius 1 is 1.17 bits per heavy atom. The summed E-state index contributed by atoms with van der Waals surface area (Å²) < 4.78 is 5.59. The molecule has 0 radical (unpaired) electrons. The fraction of sp³-hybridized carbons (Fsp3) is 0.760. The Kier molecular flexibility index (Phi) is 4.73. The Balaban J connectivity index is 1.40. The third-order valence-corrected chi connectivity index (χ3v) is 10.4. The minimum atomic E-state index is -0.129. The number of fused-ring (bicyclic) bond motifs is 5. The maximum Gasteiger partial charge on any atom is 0.302 e. The third-order valence-electron chi connectivity index (χ3n) is 9.33. The highest BCUT2D eigenvalue weighted by Gasteiger charge is 2.59. The maximum absolute atomic E-state index is 11.4. The molecule has 158 valence electrons. The normalized spacial score (nSPS) is 43.7. The summed E-state index contributed by atoms with van der Waals surface area (Å²) in [6, 6.07) is 0. The highest BCUT2D eigenvalue weighted by molar-refractivity contribution is 7.09. The SMILES string of the molecule is CC(=O)O[C@H]1CC[C@@]2(C)C(=CC[C@H]3[C@@H]4CC[C@H](c5nc(C)cs5)[C@@]4(C)CC[C@@H]32)C1. The summed E-state index contributed by atoms with van der Waals surface area (Å²) in [5.41, 5.74) is 3.51. The first kappa shape index (κ1) is 19.8. The predicted molar refractivity (Wildman–Crippen MR) is 117 cm³/mol. The number of allylic oxidation sites excluding steroid dienone is 1. The van der Waals surface area contributed by atoms with Gasteiger partial charge in [-0.2, -0.15) is 0 Å². The zero-order chi connectivity index (χ0) is 20.4. The monoisotopic (exact) mass is 413 g/mol. The molecule has 0 unspecified atom stereocenters. The van der Waals surface area contributed by atoms with Crippen LogP contribution < -0.4 is 0 Å². The summed E-state index contributed by atoms with van der Waals surface area (Å²) >= 11 is 1.89. The van der Waals surface area contributed by atoms with E-state index < -0.39 is 0 Å². The number of thiazole rings is 1. The lowest BCUT2D eigenvalue weighted by Crippen LogP contribution is -2.50. The fourth-order valence-electron chi connectivity index (χ4n) is 7.90. The van der Waals surface area contributed by atoms with E-state index in [-0.39, 0.29) is 12.1 Å². The number of hydrogen-bond donors (Lipinski definition) is 0. The number of rotatable bonds is 2. The average molecular weight is 414 g/mol. The van der Waals surface area contributed by atoms with Crippen LogP contribution >= 0.6 is 11.3 Å². The van der Waals surface area contributed by atoms with E-state index in [9.17, 15) is 4.79 Å². The van der Waals surface area contributed by atoms with E-state index in [0.29, 0.717) is 16.7 Å². The molecular formula is C25H35NO2S. The number of ether oxygens (including phenoxy) is 1. The zero-order valence-electron chi connectivity index (χ0n) is 18.4. The standard InChI is InChI=1S/C25H35NO2S/c1-15-14-29-23(26-15)22-8-7-20-19-6-5-17-13-18(28-16(2)27)9-11-24(17,3)21(19)10-12-25(20,22)4/h5,14,18-22H,6-13H2,1-4H3/t18-,19-,20-,21-,22+,24-,25-/m0/s1. The highest BCUT2D eigenvalue weighted by atomic mass is 32.1. The molecule has 0 bridgehead atoms. The highest BCUT2D eigenvalue weighted by Crippen LogP contribution is 2.68. The van der Waals surface area contributed by atoms with E-state index in [1.165, 1.54) is 49.2 Å². The Bertz CT molecular complexity index is 844. The van der Waals surface area contributed by atoms with Gasteiger partial charge >= 0.3 is 5.97 Å². The van der Waals surface area contributed by atoms with Crippen molar-refractivity contribution in [3.8, 4) is 0 Å². The first-order valence-electron chi connectivity index (χ1n) is 11.6. The summed E-state index contributed by atoms with van der Waals surface area (Å²) in [7, 11) is 0. The molecule has 5 rings (SSSR count). The van der Waals surface area contributed by atoms with E-state index in [1.807, 2.05) is 11.3 Å². The second kappa shape index (κ2) is 6.93.